The van der Waals surface area contributed by atoms with Gasteiger partial charge in [0.1, 0.15) is 5.75 Å². The van der Waals surface area contributed by atoms with Gasteiger partial charge in [-0.25, -0.2) is 9.78 Å². The van der Waals surface area contributed by atoms with Gasteiger partial charge < -0.3 is 14.4 Å². The van der Waals surface area contributed by atoms with Crippen molar-refractivity contribution < 1.29 is 14.3 Å². The van der Waals surface area contributed by atoms with E-state index in [-0.39, 0.29) is 6.09 Å². The predicted octanol–water partition coefficient (Wildman–Crippen LogP) is 4.75. The molecule has 0 saturated carbocycles. The van der Waals surface area contributed by atoms with Crippen LogP contribution in [0.15, 0.2) is 54.6 Å². The molecular formula is C21H22N2O3. The molecular weight excluding hydrogens is 328 g/mol. The molecule has 3 rings (SSSR count). The van der Waals surface area contributed by atoms with E-state index in [2.05, 4.69) is 4.98 Å². The number of fused-ring (bicyclic) bond motifs is 1. The topological polar surface area (TPSA) is 51.7 Å². The number of rotatable bonds is 5. The average molecular weight is 350 g/mol. The molecule has 0 atom stereocenters. The average Bonchev–Trinajstić information content (AvgIpc) is 2.69. The van der Waals surface area contributed by atoms with Gasteiger partial charge in [-0.05, 0) is 55.6 Å². The summed E-state index contributed by atoms with van der Waals surface area (Å²) in [4.78, 5) is 18.6. The first-order valence-corrected chi connectivity index (χ1v) is 8.67. The normalized spacial score (nSPS) is 10.6. The van der Waals surface area contributed by atoms with Crippen molar-refractivity contribution in [1.82, 2.24) is 9.88 Å². The zero-order valence-corrected chi connectivity index (χ0v) is 15.2. The Hall–Kier alpha value is -3.08. The van der Waals surface area contributed by atoms with Crippen LogP contribution in [0.2, 0.25) is 0 Å². The molecule has 0 aliphatic rings. The standard InChI is InChI=1S/C21H22N2O3/c1-4-23(5-2)21(24)26-20-18-9-7-6-8-16(18)14-19(22-20)15-10-12-17(25-3)13-11-15/h6-14H,4-5H2,1-3H3. The van der Waals surface area contributed by atoms with Crippen LogP contribution < -0.4 is 9.47 Å². The molecule has 2 aromatic carbocycles. The fourth-order valence-electron chi connectivity index (χ4n) is 2.78. The van der Waals surface area contributed by atoms with Gasteiger partial charge in [0.2, 0.25) is 5.88 Å². The van der Waals surface area contributed by atoms with Gasteiger partial charge in [-0.2, -0.15) is 0 Å². The summed E-state index contributed by atoms with van der Waals surface area (Å²) in [5, 5.41) is 1.78. The van der Waals surface area contributed by atoms with Gasteiger partial charge in [-0.1, -0.05) is 18.2 Å². The van der Waals surface area contributed by atoms with Crippen molar-refractivity contribution in [2.75, 3.05) is 20.2 Å². The van der Waals surface area contributed by atoms with Gasteiger partial charge in [-0.3, -0.25) is 0 Å². The molecule has 0 N–H and O–H groups in total. The smallest absolute Gasteiger partial charge is 0.416 e. The van der Waals surface area contributed by atoms with Crippen LogP contribution in [-0.2, 0) is 0 Å². The Balaban J connectivity index is 2.04. The van der Waals surface area contributed by atoms with E-state index in [0.717, 1.165) is 27.8 Å². The summed E-state index contributed by atoms with van der Waals surface area (Å²) in [7, 11) is 1.63. The maximum Gasteiger partial charge on any atom is 0.416 e. The highest BCUT2D eigenvalue weighted by molar-refractivity contribution is 5.91. The van der Waals surface area contributed by atoms with Crippen molar-refractivity contribution in [3.05, 3.63) is 54.6 Å². The Labute approximate surface area is 153 Å². The highest BCUT2D eigenvalue weighted by Gasteiger charge is 2.16. The van der Waals surface area contributed by atoms with E-state index >= 15 is 0 Å². The summed E-state index contributed by atoms with van der Waals surface area (Å²) in [6.07, 6.45) is -0.389. The van der Waals surface area contributed by atoms with Crippen molar-refractivity contribution in [2.45, 2.75) is 13.8 Å². The minimum absolute atomic E-state index is 0.325. The number of ether oxygens (including phenoxy) is 2. The highest BCUT2D eigenvalue weighted by Crippen LogP contribution is 2.30. The van der Waals surface area contributed by atoms with Crippen molar-refractivity contribution in [3.63, 3.8) is 0 Å². The number of aromatic nitrogens is 1. The van der Waals surface area contributed by atoms with Crippen LogP contribution in [0, 0.1) is 0 Å². The number of pyridine rings is 1. The van der Waals surface area contributed by atoms with Gasteiger partial charge in [-0.15, -0.1) is 0 Å². The van der Waals surface area contributed by atoms with Crippen molar-refractivity contribution in [1.29, 1.82) is 0 Å². The number of methoxy groups -OCH3 is 1. The SMILES string of the molecule is CCN(CC)C(=O)Oc1nc(-c2ccc(OC)cc2)cc2ccccc12. The molecule has 0 aliphatic carbocycles. The third-order valence-electron chi connectivity index (χ3n) is 4.30. The fraction of sp³-hybridized carbons (Fsp3) is 0.238. The first kappa shape index (κ1) is 17.7. The summed E-state index contributed by atoms with van der Waals surface area (Å²) in [6.45, 7) is 5.02. The Morgan fingerprint density at radius 3 is 2.38 bits per heavy atom. The van der Waals surface area contributed by atoms with Crippen LogP contribution in [0.25, 0.3) is 22.0 Å². The lowest BCUT2D eigenvalue weighted by molar-refractivity contribution is 0.156. The molecule has 0 fully saturated rings. The minimum Gasteiger partial charge on any atom is -0.497 e. The maximum atomic E-state index is 12.4. The van der Waals surface area contributed by atoms with Gasteiger partial charge in [0.25, 0.3) is 0 Å². The van der Waals surface area contributed by atoms with E-state index in [1.165, 1.54) is 0 Å². The number of carbonyl (C=O) groups is 1. The van der Waals surface area contributed by atoms with Crippen LogP contribution in [0.5, 0.6) is 11.6 Å². The minimum atomic E-state index is -0.389. The Morgan fingerprint density at radius 1 is 1.04 bits per heavy atom. The second kappa shape index (κ2) is 7.87. The Morgan fingerprint density at radius 2 is 1.73 bits per heavy atom. The molecule has 26 heavy (non-hydrogen) atoms. The second-order valence-electron chi connectivity index (χ2n) is 5.80. The van der Waals surface area contributed by atoms with Crippen molar-refractivity contribution in [3.8, 4) is 22.9 Å². The lowest BCUT2D eigenvalue weighted by Gasteiger charge is -2.18. The molecule has 1 heterocycles. The zero-order valence-electron chi connectivity index (χ0n) is 15.2. The first-order chi connectivity index (χ1) is 12.7. The van der Waals surface area contributed by atoms with Crippen LogP contribution in [0.1, 0.15) is 13.8 Å². The number of carbonyl (C=O) groups excluding carboxylic acids is 1. The summed E-state index contributed by atoms with van der Waals surface area (Å²) < 4.78 is 10.8. The summed E-state index contributed by atoms with van der Waals surface area (Å²) in [5.74, 6) is 1.11. The molecule has 0 saturated heterocycles. The van der Waals surface area contributed by atoms with Crippen LogP contribution in [0.3, 0.4) is 0 Å². The van der Waals surface area contributed by atoms with Crippen LogP contribution >= 0.6 is 0 Å². The molecule has 5 nitrogen and oxygen atoms in total. The van der Waals surface area contributed by atoms with E-state index in [9.17, 15) is 4.79 Å². The Kier molecular flexibility index (Phi) is 5.37. The molecule has 1 aromatic heterocycles. The number of hydrogen-bond donors (Lipinski definition) is 0. The zero-order chi connectivity index (χ0) is 18.5. The number of amides is 1. The van der Waals surface area contributed by atoms with Gasteiger partial charge in [0, 0.05) is 24.0 Å². The van der Waals surface area contributed by atoms with E-state index in [0.29, 0.717) is 19.0 Å². The number of nitrogens with zero attached hydrogens (tertiary/aromatic N) is 2. The number of hydrogen-bond acceptors (Lipinski definition) is 4. The summed E-state index contributed by atoms with van der Waals surface area (Å²) >= 11 is 0. The lowest BCUT2D eigenvalue weighted by atomic mass is 10.1. The molecule has 0 bridgehead atoms. The molecule has 0 spiro atoms. The summed E-state index contributed by atoms with van der Waals surface area (Å²) in [5.41, 5.74) is 1.67. The summed E-state index contributed by atoms with van der Waals surface area (Å²) in [6, 6.07) is 17.4. The number of benzene rings is 2. The van der Waals surface area contributed by atoms with Gasteiger partial charge in [0.15, 0.2) is 0 Å². The maximum absolute atomic E-state index is 12.4. The first-order valence-electron chi connectivity index (χ1n) is 8.67. The van der Waals surface area contributed by atoms with Crippen LogP contribution in [0.4, 0.5) is 4.79 Å². The fourth-order valence-corrected chi connectivity index (χ4v) is 2.78. The predicted molar refractivity (Wildman–Crippen MR) is 103 cm³/mol. The molecule has 1 amide bonds. The van der Waals surface area contributed by atoms with Gasteiger partial charge >= 0.3 is 6.09 Å². The third-order valence-corrected chi connectivity index (χ3v) is 4.30. The monoisotopic (exact) mass is 350 g/mol. The second-order valence-corrected chi connectivity index (χ2v) is 5.80. The quantitative estimate of drug-likeness (QED) is 0.666. The van der Waals surface area contributed by atoms with Crippen LogP contribution in [-0.4, -0.2) is 36.2 Å². The van der Waals surface area contributed by atoms with Crippen molar-refractivity contribution in [2.24, 2.45) is 0 Å². The van der Waals surface area contributed by atoms with E-state index < -0.39 is 0 Å². The van der Waals surface area contributed by atoms with Crippen molar-refractivity contribution >= 4 is 16.9 Å². The molecule has 0 unspecified atom stereocenters. The van der Waals surface area contributed by atoms with E-state index in [4.69, 9.17) is 9.47 Å². The molecule has 0 radical (unpaired) electrons. The Bertz CT molecular complexity index is 903. The molecule has 134 valence electrons. The lowest BCUT2D eigenvalue weighted by Crippen LogP contribution is -2.33. The largest absolute Gasteiger partial charge is 0.497 e. The van der Waals surface area contributed by atoms with E-state index in [1.54, 1.807) is 12.0 Å². The molecule has 5 heteroatoms. The molecule has 3 aromatic rings. The third kappa shape index (κ3) is 3.61. The van der Waals surface area contributed by atoms with Gasteiger partial charge in [0.05, 0.1) is 12.8 Å². The van der Waals surface area contributed by atoms with E-state index in [1.807, 2.05) is 68.4 Å². The highest BCUT2D eigenvalue weighted by atomic mass is 16.6. The molecule has 0 aliphatic heterocycles.